The molecule has 2 fully saturated rings. The molecular weight excluding hydrogens is 597 g/mol. The van der Waals surface area contributed by atoms with E-state index in [1.54, 1.807) is 53.9 Å². The highest BCUT2D eigenvalue weighted by Crippen LogP contribution is 2.37. The molecule has 15 heteroatoms. The number of rotatable bonds is 2. The number of halogens is 3. The summed E-state index contributed by atoms with van der Waals surface area (Å²) in [5.74, 6) is 4.24. The van der Waals surface area contributed by atoms with E-state index in [1.165, 1.54) is 13.2 Å². The van der Waals surface area contributed by atoms with Gasteiger partial charge in [0.1, 0.15) is 5.75 Å². The Kier molecular flexibility index (Phi) is 9.71. The first kappa shape index (κ1) is 31.2. The molecule has 0 aromatic heterocycles. The Morgan fingerprint density at radius 1 is 0.881 bits per heavy atom. The summed E-state index contributed by atoms with van der Waals surface area (Å²) >= 11 is 3.48. The summed E-state index contributed by atoms with van der Waals surface area (Å²) in [6.45, 7) is 1.96. The molecule has 10 nitrogen and oxygen atoms in total. The van der Waals surface area contributed by atoms with E-state index >= 15 is 0 Å². The van der Waals surface area contributed by atoms with E-state index in [-0.39, 0.29) is 29.6 Å². The van der Waals surface area contributed by atoms with E-state index in [0.29, 0.717) is 28.4 Å². The summed E-state index contributed by atoms with van der Waals surface area (Å²) in [7, 11) is 3.08. The van der Waals surface area contributed by atoms with Crippen LogP contribution in [-0.4, -0.2) is 101 Å². The molecule has 1 N–H and O–H groups in total. The van der Waals surface area contributed by atoms with Gasteiger partial charge < -0.3 is 24.4 Å². The first-order chi connectivity index (χ1) is 20.0. The third-order valence-electron chi connectivity index (χ3n) is 6.54. The van der Waals surface area contributed by atoms with Crippen molar-refractivity contribution in [1.29, 1.82) is 0 Å². The highest BCUT2D eigenvalue weighted by Gasteiger charge is 2.34. The molecule has 4 aliphatic rings. The molecule has 0 radical (unpaired) electrons. The Morgan fingerprint density at radius 2 is 1.33 bits per heavy atom. The number of aldehydes is 1. The molecule has 4 aliphatic heterocycles. The largest absolute Gasteiger partial charge is 0.504 e. The molecule has 6 rings (SSSR count). The summed E-state index contributed by atoms with van der Waals surface area (Å²) in [6, 6.07) is 6.91. The summed E-state index contributed by atoms with van der Waals surface area (Å²) in [5.41, 5.74) is 3.36. The van der Waals surface area contributed by atoms with Crippen molar-refractivity contribution in [3.05, 3.63) is 41.0 Å². The summed E-state index contributed by atoms with van der Waals surface area (Å²) < 4.78 is 41.6. The van der Waals surface area contributed by atoms with Gasteiger partial charge in [-0.1, -0.05) is 0 Å². The molecule has 2 saturated heterocycles. The second-order valence-electron chi connectivity index (χ2n) is 9.28. The molecule has 0 saturated carbocycles. The quantitative estimate of drug-likeness (QED) is 0.481. The zero-order chi connectivity index (χ0) is 30.6. The fraction of sp³-hybridized carbons (Fsp3) is 0.370. The number of methoxy groups -OCH3 is 2. The van der Waals surface area contributed by atoms with Crippen LogP contribution < -0.4 is 9.47 Å². The first-order valence-electron chi connectivity index (χ1n) is 12.5. The third-order valence-corrected chi connectivity index (χ3v) is 8.61. The summed E-state index contributed by atoms with van der Waals surface area (Å²) in [6.07, 6.45) is -2.04. The lowest BCUT2D eigenvalue weighted by molar-refractivity contribution is -0.156. The Morgan fingerprint density at radius 3 is 1.79 bits per heavy atom. The van der Waals surface area contributed by atoms with Crippen molar-refractivity contribution < 1.29 is 42.1 Å². The number of benzene rings is 2. The fourth-order valence-corrected chi connectivity index (χ4v) is 6.63. The van der Waals surface area contributed by atoms with Gasteiger partial charge in [-0.25, -0.2) is 0 Å². The van der Waals surface area contributed by atoms with Crippen molar-refractivity contribution in [3.63, 3.8) is 0 Å². The van der Waals surface area contributed by atoms with Gasteiger partial charge in [0.15, 0.2) is 11.5 Å². The minimum absolute atomic E-state index is 0.00219. The van der Waals surface area contributed by atoms with Crippen LogP contribution in [0.4, 0.5) is 24.5 Å². The number of amides is 2. The van der Waals surface area contributed by atoms with Crippen LogP contribution in [0.5, 0.6) is 17.2 Å². The van der Waals surface area contributed by atoms with Crippen LogP contribution in [0.25, 0.3) is 0 Å². The van der Waals surface area contributed by atoms with Crippen LogP contribution in [0.15, 0.2) is 34.3 Å². The van der Waals surface area contributed by atoms with E-state index in [9.17, 15) is 27.9 Å². The number of phenolic OH excluding ortho intramolecular Hbond substituents is 1. The van der Waals surface area contributed by atoms with Crippen molar-refractivity contribution in [3.8, 4) is 17.2 Å². The predicted octanol–water partition coefficient (Wildman–Crippen LogP) is 4.61. The van der Waals surface area contributed by atoms with E-state index < -0.39 is 12.5 Å². The second kappa shape index (κ2) is 13.1. The van der Waals surface area contributed by atoms with Crippen LogP contribution in [0.2, 0.25) is 0 Å². The van der Waals surface area contributed by atoms with Crippen LogP contribution in [-0.2, 0) is 4.79 Å². The lowest BCUT2D eigenvalue weighted by atomic mass is 10.1. The highest BCUT2D eigenvalue weighted by molar-refractivity contribution is 7.99. The standard InChI is InChI=1S/C13H14N2O2S.C12H12N2O3S.C2HF3O/c1-8-3-11-10(4-12(8)17-2)13(16)15-7-18-6-9(15)5-14-11;1-17-11-2-8-9(3-10(11)15)13-4-7-5-18-6-14(7)12(8)16;3-2(4,5)1-6/h3-5,9H,6-7H2,1-2H3;2-4,7,15H,5-6H2,1H3;1H/t9-;7-;/m11./s1. The van der Waals surface area contributed by atoms with Crippen LogP contribution in [0.3, 0.4) is 0 Å². The smallest absolute Gasteiger partial charge is 0.446 e. The van der Waals surface area contributed by atoms with Gasteiger partial charge >= 0.3 is 6.18 Å². The van der Waals surface area contributed by atoms with Crippen molar-refractivity contribution in [2.45, 2.75) is 25.2 Å². The first-order valence-corrected chi connectivity index (χ1v) is 14.8. The molecule has 42 heavy (non-hydrogen) atoms. The molecular formula is C27H27F3N4O6S2. The number of thioether (sulfide) groups is 2. The van der Waals surface area contributed by atoms with Gasteiger partial charge in [0.05, 0.1) is 60.6 Å². The van der Waals surface area contributed by atoms with Crippen LogP contribution >= 0.6 is 23.5 Å². The number of carbonyl (C=O) groups excluding carboxylic acids is 3. The molecule has 0 spiro atoms. The lowest BCUT2D eigenvalue weighted by Crippen LogP contribution is -2.36. The average Bonchev–Trinajstić information content (AvgIpc) is 3.59. The van der Waals surface area contributed by atoms with Crippen molar-refractivity contribution >= 4 is 65.4 Å². The molecule has 0 bridgehead atoms. The van der Waals surface area contributed by atoms with Crippen LogP contribution in [0, 0.1) is 6.92 Å². The Labute approximate surface area is 248 Å². The SMILES string of the molecule is COc1cc2c(cc1C)N=C[C@@H]1CSCN1C2=O.COc1cc2c(cc1O)N=C[C@@H]1CSCN1C2=O.O=CC(F)(F)F. The molecule has 0 unspecified atom stereocenters. The van der Waals surface area contributed by atoms with E-state index in [1.807, 2.05) is 24.1 Å². The number of carbonyl (C=O) groups is 3. The molecule has 4 heterocycles. The predicted molar refractivity (Wildman–Crippen MR) is 155 cm³/mol. The topological polar surface area (TPSA) is 121 Å². The third kappa shape index (κ3) is 6.84. The van der Waals surface area contributed by atoms with Crippen molar-refractivity contribution in [2.24, 2.45) is 9.98 Å². The van der Waals surface area contributed by atoms with Crippen molar-refractivity contribution in [1.82, 2.24) is 9.80 Å². The van der Waals surface area contributed by atoms with E-state index in [2.05, 4.69) is 9.98 Å². The fourth-order valence-electron chi connectivity index (χ4n) is 4.39. The lowest BCUT2D eigenvalue weighted by Gasteiger charge is -2.19. The number of aryl methyl sites for hydroxylation is 1. The number of phenols is 1. The zero-order valence-electron chi connectivity index (χ0n) is 22.8. The Balaban J connectivity index is 0.000000162. The van der Waals surface area contributed by atoms with Gasteiger partial charge in [0.2, 0.25) is 6.29 Å². The van der Waals surface area contributed by atoms with Crippen molar-refractivity contribution in [2.75, 3.05) is 37.5 Å². The molecule has 0 aliphatic carbocycles. The maximum absolute atomic E-state index is 12.5. The number of hydrogen-bond acceptors (Lipinski definition) is 10. The number of alkyl halides is 3. The van der Waals surface area contributed by atoms with Gasteiger partial charge in [-0.05, 0) is 30.7 Å². The van der Waals surface area contributed by atoms with Gasteiger partial charge in [-0.15, -0.1) is 23.5 Å². The summed E-state index contributed by atoms with van der Waals surface area (Å²) in [5, 5.41) is 9.72. The molecule has 2 aromatic rings. The molecule has 2 aromatic carbocycles. The Bertz CT molecular complexity index is 1340. The number of nitrogens with zero attached hydrogens (tertiary/aromatic N) is 4. The molecule has 2 amide bonds. The van der Waals surface area contributed by atoms with Gasteiger partial charge in [-0.2, -0.15) is 13.2 Å². The number of aromatic hydroxyl groups is 1. The number of aliphatic imine (C=N–C) groups is 2. The number of ether oxygens (including phenoxy) is 2. The maximum Gasteiger partial charge on any atom is 0.446 e. The number of hydrogen-bond donors (Lipinski definition) is 1. The summed E-state index contributed by atoms with van der Waals surface area (Å²) in [4.78, 5) is 46.0. The molecule has 2 atom stereocenters. The molecule has 224 valence electrons. The van der Waals surface area contributed by atoms with E-state index in [4.69, 9.17) is 14.3 Å². The van der Waals surface area contributed by atoms with E-state index in [0.717, 1.165) is 34.4 Å². The average molecular weight is 625 g/mol. The van der Waals surface area contributed by atoms with Gasteiger partial charge in [-0.3, -0.25) is 24.4 Å². The number of fused-ring (bicyclic) bond motifs is 4. The van der Waals surface area contributed by atoms with Gasteiger partial charge in [0.25, 0.3) is 11.8 Å². The van der Waals surface area contributed by atoms with Crippen LogP contribution in [0.1, 0.15) is 26.3 Å². The highest BCUT2D eigenvalue weighted by atomic mass is 32.2. The monoisotopic (exact) mass is 624 g/mol. The normalized spacial score (nSPS) is 20.0. The van der Waals surface area contributed by atoms with Gasteiger partial charge in [0, 0.05) is 30.0 Å². The zero-order valence-corrected chi connectivity index (χ0v) is 24.4. The minimum Gasteiger partial charge on any atom is -0.504 e. The maximum atomic E-state index is 12.5. The second-order valence-corrected chi connectivity index (χ2v) is 11.3. The minimum atomic E-state index is -4.64. The Hall–Kier alpha value is -3.72.